The summed E-state index contributed by atoms with van der Waals surface area (Å²) in [4.78, 5) is 0. The van der Waals surface area contributed by atoms with E-state index in [1.54, 1.807) is 0 Å². The maximum atomic E-state index is 2.43. The maximum absolute atomic E-state index is 2.43. The quantitative estimate of drug-likeness (QED) is 0.189. The zero-order chi connectivity index (χ0) is 28.7. The molecule has 0 aliphatic heterocycles. The molecule has 0 atom stereocenters. The molecule has 0 nitrogen and oxygen atoms in total. The van der Waals surface area contributed by atoms with Crippen LogP contribution >= 0.6 is 0 Å². The van der Waals surface area contributed by atoms with Crippen molar-refractivity contribution in [2.75, 3.05) is 0 Å². The van der Waals surface area contributed by atoms with E-state index in [0.717, 1.165) is 0 Å². The molecule has 0 saturated carbocycles. The molecule has 0 N–H and O–H groups in total. The molecule has 0 aromatic heterocycles. The van der Waals surface area contributed by atoms with Gasteiger partial charge in [0.2, 0.25) is 0 Å². The van der Waals surface area contributed by atoms with Crippen LogP contribution in [0.5, 0.6) is 0 Å². The molecule has 0 saturated heterocycles. The van der Waals surface area contributed by atoms with Crippen LogP contribution in [0.4, 0.5) is 0 Å². The zero-order valence-electron chi connectivity index (χ0n) is 24.4. The van der Waals surface area contributed by atoms with Gasteiger partial charge in [0.05, 0.1) is 0 Å². The van der Waals surface area contributed by atoms with Crippen molar-refractivity contribution in [3.8, 4) is 33.4 Å². The van der Waals surface area contributed by atoms with Gasteiger partial charge >= 0.3 is 0 Å². The maximum Gasteiger partial charge on any atom is 0.0165 e. The third kappa shape index (κ3) is 3.50. The van der Waals surface area contributed by atoms with Gasteiger partial charge in [0, 0.05) is 5.41 Å². The summed E-state index contributed by atoms with van der Waals surface area (Å²) >= 11 is 0. The fourth-order valence-electron chi connectivity index (χ4n) is 7.74. The minimum absolute atomic E-state index is 0.110. The van der Waals surface area contributed by atoms with Crippen LogP contribution in [0.2, 0.25) is 0 Å². The van der Waals surface area contributed by atoms with Crippen LogP contribution in [0.1, 0.15) is 25.0 Å². The average molecular weight is 547 g/mol. The second-order valence-electron chi connectivity index (χ2n) is 12.5. The monoisotopic (exact) mass is 546 g/mol. The van der Waals surface area contributed by atoms with E-state index < -0.39 is 0 Å². The molecule has 0 fully saturated rings. The summed E-state index contributed by atoms with van der Waals surface area (Å²) in [6.07, 6.45) is 0. The summed E-state index contributed by atoms with van der Waals surface area (Å²) in [5, 5.41) is 10.6. The van der Waals surface area contributed by atoms with Crippen molar-refractivity contribution in [2.45, 2.75) is 19.3 Å². The summed E-state index contributed by atoms with van der Waals surface area (Å²) in [7, 11) is 0. The van der Waals surface area contributed by atoms with Crippen molar-refractivity contribution >= 4 is 43.1 Å². The Bertz CT molecular complexity index is 2390. The first-order valence-electron chi connectivity index (χ1n) is 15.2. The minimum Gasteiger partial charge on any atom is -0.0616 e. The molecule has 0 radical (unpaired) electrons. The van der Waals surface area contributed by atoms with Gasteiger partial charge in [0.1, 0.15) is 0 Å². The highest BCUT2D eigenvalue weighted by molar-refractivity contribution is 6.27. The van der Waals surface area contributed by atoms with Gasteiger partial charge in [-0.25, -0.2) is 0 Å². The molecule has 9 rings (SSSR count). The van der Waals surface area contributed by atoms with E-state index in [2.05, 4.69) is 159 Å². The highest BCUT2D eigenvalue weighted by Crippen LogP contribution is 2.54. The van der Waals surface area contributed by atoms with E-state index in [9.17, 15) is 0 Å². The molecule has 8 aromatic rings. The molecule has 0 unspecified atom stereocenters. The number of fused-ring (bicyclic) bond motifs is 11. The molecule has 0 spiro atoms. The lowest BCUT2D eigenvalue weighted by Gasteiger charge is -2.24. The Morgan fingerprint density at radius 2 is 0.930 bits per heavy atom. The second-order valence-corrected chi connectivity index (χ2v) is 12.5. The normalized spacial score (nSPS) is 13.5. The molecule has 202 valence electrons. The van der Waals surface area contributed by atoms with Gasteiger partial charge in [-0.3, -0.25) is 0 Å². The molecule has 0 heterocycles. The van der Waals surface area contributed by atoms with Gasteiger partial charge in [-0.15, -0.1) is 0 Å². The van der Waals surface area contributed by atoms with Crippen molar-refractivity contribution in [1.82, 2.24) is 0 Å². The highest BCUT2D eigenvalue weighted by Gasteiger charge is 2.37. The Kier molecular flexibility index (Phi) is 5.05. The van der Waals surface area contributed by atoms with Crippen LogP contribution in [0.3, 0.4) is 0 Å². The van der Waals surface area contributed by atoms with Crippen molar-refractivity contribution in [3.63, 3.8) is 0 Å². The SMILES string of the molecule is CC1(C)c2ccc(-c3cccc(-c4ccc5ccccc5c4)c3)cc2-c2ccc3c4ccccc4c4ccccc4c3c21. The summed E-state index contributed by atoms with van der Waals surface area (Å²) < 4.78 is 0. The van der Waals surface area contributed by atoms with Crippen LogP contribution in [0.15, 0.2) is 146 Å². The molecule has 0 amide bonds. The number of benzene rings is 8. The summed E-state index contributed by atoms with van der Waals surface area (Å²) in [6.45, 7) is 4.81. The van der Waals surface area contributed by atoms with Gasteiger partial charge in [-0.1, -0.05) is 141 Å². The first-order valence-corrected chi connectivity index (χ1v) is 15.2. The Morgan fingerprint density at radius 1 is 0.372 bits per heavy atom. The molecule has 43 heavy (non-hydrogen) atoms. The van der Waals surface area contributed by atoms with E-state index in [0.29, 0.717) is 0 Å². The van der Waals surface area contributed by atoms with Crippen molar-refractivity contribution in [1.29, 1.82) is 0 Å². The molecule has 1 aliphatic rings. The predicted molar refractivity (Wildman–Crippen MR) is 185 cm³/mol. The molecule has 0 heteroatoms. The smallest absolute Gasteiger partial charge is 0.0165 e. The summed E-state index contributed by atoms with van der Waals surface area (Å²) in [5.41, 5.74) is 10.5. The lowest BCUT2D eigenvalue weighted by Crippen LogP contribution is -2.15. The van der Waals surface area contributed by atoms with Crippen LogP contribution in [-0.4, -0.2) is 0 Å². The average Bonchev–Trinajstić information content (AvgIpc) is 3.30. The largest absolute Gasteiger partial charge is 0.0616 e. The molecular formula is C43H30. The molecule has 0 bridgehead atoms. The number of hydrogen-bond donors (Lipinski definition) is 0. The number of rotatable bonds is 2. The molecule has 1 aliphatic carbocycles. The summed E-state index contributed by atoms with van der Waals surface area (Å²) in [6, 6.07) is 54.0. The van der Waals surface area contributed by atoms with Gasteiger partial charge in [-0.05, 0) is 106 Å². The summed E-state index contributed by atoms with van der Waals surface area (Å²) in [5.74, 6) is 0. The van der Waals surface area contributed by atoms with E-state index in [1.165, 1.54) is 87.6 Å². The van der Waals surface area contributed by atoms with Crippen LogP contribution in [0.25, 0.3) is 76.5 Å². The van der Waals surface area contributed by atoms with Crippen LogP contribution < -0.4 is 0 Å². The van der Waals surface area contributed by atoms with Crippen molar-refractivity contribution < 1.29 is 0 Å². The van der Waals surface area contributed by atoms with Gasteiger partial charge in [0.25, 0.3) is 0 Å². The third-order valence-corrected chi connectivity index (χ3v) is 9.80. The Hall–Kier alpha value is -5.20. The topological polar surface area (TPSA) is 0 Å². The Labute approximate surface area is 251 Å². The minimum atomic E-state index is -0.110. The van der Waals surface area contributed by atoms with Crippen LogP contribution in [-0.2, 0) is 5.41 Å². The zero-order valence-corrected chi connectivity index (χ0v) is 24.4. The fourth-order valence-corrected chi connectivity index (χ4v) is 7.74. The standard InChI is InChI=1S/C43H30/c1-43(2)40-23-20-32(30-13-9-12-29(25-30)31-19-18-27-10-3-4-11-28(27)24-31)26-39(40)38-22-21-37-35-16-6-5-14-33(35)34-15-7-8-17-36(34)41(37)42(38)43/h3-26H,1-2H3. The first-order chi connectivity index (χ1) is 21.1. The Balaban J connectivity index is 1.24. The third-order valence-electron chi connectivity index (χ3n) is 9.80. The van der Waals surface area contributed by atoms with E-state index in [-0.39, 0.29) is 5.41 Å². The Morgan fingerprint density at radius 3 is 1.67 bits per heavy atom. The fraction of sp³-hybridized carbons (Fsp3) is 0.0698. The van der Waals surface area contributed by atoms with E-state index in [4.69, 9.17) is 0 Å². The lowest BCUT2D eigenvalue weighted by molar-refractivity contribution is 0.667. The molecule has 8 aromatic carbocycles. The second kappa shape index (κ2) is 8.90. The van der Waals surface area contributed by atoms with Gasteiger partial charge in [0.15, 0.2) is 0 Å². The van der Waals surface area contributed by atoms with E-state index >= 15 is 0 Å². The van der Waals surface area contributed by atoms with Gasteiger partial charge in [-0.2, -0.15) is 0 Å². The van der Waals surface area contributed by atoms with E-state index in [1.807, 2.05) is 0 Å². The number of hydrogen-bond acceptors (Lipinski definition) is 0. The molecular weight excluding hydrogens is 516 g/mol. The van der Waals surface area contributed by atoms with Gasteiger partial charge < -0.3 is 0 Å². The lowest BCUT2D eigenvalue weighted by atomic mass is 9.78. The highest BCUT2D eigenvalue weighted by atomic mass is 14.4. The van der Waals surface area contributed by atoms with Crippen LogP contribution in [0, 0.1) is 0 Å². The first kappa shape index (κ1) is 24.4. The van der Waals surface area contributed by atoms with Crippen molar-refractivity contribution in [2.24, 2.45) is 0 Å². The predicted octanol–water partition coefficient (Wildman–Crippen LogP) is 11.9. The van der Waals surface area contributed by atoms with Crippen molar-refractivity contribution in [3.05, 3.63) is 157 Å².